The van der Waals surface area contributed by atoms with E-state index in [1.807, 2.05) is 13.8 Å². The van der Waals surface area contributed by atoms with Gasteiger partial charge in [-0.05, 0) is 19.3 Å². The molecule has 0 amide bonds. The van der Waals surface area contributed by atoms with Crippen molar-refractivity contribution in [3.05, 3.63) is 12.2 Å². The molecule has 0 aromatic heterocycles. The first-order valence-corrected chi connectivity index (χ1v) is 2.90. The Morgan fingerprint density at radius 1 is 1.75 bits per heavy atom. The minimum Gasteiger partial charge on any atom is -0.251 e. The first-order valence-electron chi connectivity index (χ1n) is 2.90. The van der Waals surface area contributed by atoms with Gasteiger partial charge in [0.1, 0.15) is 0 Å². The first-order chi connectivity index (χ1) is 3.68. The lowest BCUT2D eigenvalue weighted by Gasteiger charge is -2.05. The zero-order valence-corrected chi connectivity index (χ0v) is 5.58. The van der Waals surface area contributed by atoms with Crippen molar-refractivity contribution in [3.63, 3.8) is 0 Å². The van der Waals surface area contributed by atoms with Crippen LogP contribution in [0.2, 0.25) is 0 Å². The molecule has 0 fully saturated rings. The van der Waals surface area contributed by atoms with E-state index in [1.54, 1.807) is 0 Å². The zero-order chi connectivity index (χ0) is 6.57. The van der Waals surface area contributed by atoms with Gasteiger partial charge in [0.15, 0.2) is 0 Å². The number of halogens is 1. The third-order valence-electron chi connectivity index (χ3n) is 1.38. The molecule has 0 saturated heterocycles. The molecule has 0 saturated carbocycles. The quantitative estimate of drug-likeness (QED) is 0.497. The third kappa shape index (κ3) is 2.78. The van der Waals surface area contributed by atoms with Gasteiger partial charge in [-0.2, -0.15) is 0 Å². The molecular weight excluding hydrogens is 103 g/mol. The van der Waals surface area contributed by atoms with E-state index in [4.69, 9.17) is 0 Å². The van der Waals surface area contributed by atoms with Gasteiger partial charge in [0, 0.05) is 0 Å². The predicted molar refractivity (Wildman–Crippen MR) is 34.6 cm³/mol. The molecule has 0 nitrogen and oxygen atoms in total. The smallest absolute Gasteiger partial charge is 0.0900 e. The highest BCUT2D eigenvalue weighted by Crippen LogP contribution is 2.10. The van der Waals surface area contributed by atoms with Crippen LogP contribution in [0.5, 0.6) is 0 Å². The van der Waals surface area contributed by atoms with Gasteiger partial charge in [0.05, 0.1) is 6.67 Å². The summed E-state index contributed by atoms with van der Waals surface area (Å²) in [6.07, 6.45) is 0.620. The van der Waals surface area contributed by atoms with Crippen molar-refractivity contribution in [2.75, 3.05) is 6.67 Å². The normalized spacial score (nSPS) is 13.4. The van der Waals surface area contributed by atoms with E-state index in [1.165, 1.54) is 0 Å². The number of hydrogen-bond acceptors (Lipinski definition) is 0. The summed E-state index contributed by atoms with van der Waals surface area (Å²) in [5, 5.41) is 0. The Labute approximate surface area is 50.4 Å². The molecular formula is C7H13F. The van der Waals surface area contributed by atoms with Crippen LogP contribution in [0.1, 0.15) is 20.3 Å². The van der Waals surface area contributed by atoms with Crippen molar-refractivity contribution in [1.29, 1.82) is 0 Å². The average molecular weight is 116 g/mol. The van der Waals surface area contributed by atoms with E-state index in [-0.39, 0.29) is 6.67 Å². The summed E-state index contributed by atoms with van der Waals surface area (Å²) < 4.78 is 11.6. The van der Waals surface area contributed by atoms with Gasteiger partial charge >= 0.3 is 0 Å². The summed E-state index contributed by atoms with van der Waals surface area (Å²) in [6.45, 7) is 7.40. The lowest BCUT2D eigenvalue weighted by molar-refractivity contribution is 0.430. The van der Waals surface area contributed by atoms with Crippen molar-refractivity contribution >= 4 is 0 Å². The molecule has 0 aliphatic carbocycles. The Hall–Kier alpha value is -0.330. The minimum atomic E-state index is -0.228. The molecule has 0 aromatic rings. The largest absolute Gasteiger partial charge is 0.251 e. The Morgan fingerprint density at radius 2 is 2.25 bits per heavy atom. The van der Waals surface area contributed by atoms with Crippen LogP contribution in [-0.2, 0) is 0 Å². The molecule has 0 N–H and O–H groups in total. The summed E-state index contributed by atoms with van der Waals surface area (Å²) >= 11 is 0. The van der Waals surface area contributed by atoms with Crippen LogP contribution in [0.4, 0.5) is 4.39 Å². The topological polar surface area (TPSA) is 0 Å². The molecule has 0 spiro atoms. The number of hydrogen-bond donors (Lipinski definition) is 0. The highest BCUT2D eigenvalue weighted by Gasteiger charge is 1.99. The zero-order valence-electron chi connectivity index (χ0n) is 5.58. The highest BCUT2D eigenvalue weighted by atomic mass is 19.1. The summed E-state index contributed by atoms with van der Waals surface area (Å²) in [5.74, 6) is 0.347. The van der Waals surface area contributed by atoms with Crippen LogP contribution in [0.3, 0.4) is 0 Å². The molecule has 1 atom stereocenters. The summed E-state index contributed by atoms with van der Waals surface area (Å²) in [7, 11) is 0. The molecule has 0 aliphatic heterocycles. The van der Waals surface area contributed by atoms with Gasteiger partial charge < -0.3 is 0 Å². The molecule has 0 bridgehead atoms. The number of alkyl halides is 1. The monoisotopic (exact) mass is 116 g/mol. The maximum absolute atomic E-state index is 11.6. The average Bonchev–Trinajstić information content (AvgIpc) is 1.67. The third-order valence-corrected chi connectivity index (χ3v) is 1.38. The molecule has 0 aromatic carbocycles. The molecule has 1 heteroatoms. The molecule has 0 aliphatic rings. The lowest BCUT2D eigenvalue weighted by Crippen LogP contribution is -1.95. The van der Waals surface area contributed by atoms with E-state index in [9.17, 15) is 4.39 Å². The summed E-state index contributed by atoms with van der Waals surface area (Å²) in [6, 6.07) is 0. The fourth-order valence-electron chi connectivity index (χ4n) is 0.410. The van der Waals surface area contributed by atoms with Crippen molar-refractivity contribution < 1.29 is 4.39 Å². The van der Waals surface area contributed by atoms with Gasteiger partial charge in [-0.3, -0.25) is 4.39 Å². The van der Waals surface area contributed by atoms with Gasteiger partial charge in [-0.25, -0.2) is 0 Å². The van der Waals surface area contributed by atoms with Crippen molar-refractivity contribution in [1.82, 2.24) is 0 Å². The van der Waals surface area contributed by atoms with Crippen LogP contribution >= 0.6 is 0 Å². The van der Waals surface area contributed by atoms with Crippen LogP contribution in [0.25, 0.3) is 0 Å². The first kappa shape index (κ1) is 7.67. The molecule has 8 heavy (non-hydrogen) atoms. The minimum absolute atomic E-state index is 0.228. The second kappa shape index (κ2) is 3.65. The lowest BCUT2D eigenvalue weighted by atomic mass is 10.0. The number of allylic oxidation sites excluding steroid dienone is 1. The highest BCUT2D eigenvalue weighted by molar-refractivity contribution is 4.93. The maximum atomic E-state index is 11.6. The Balaban J connectivity index is 3.32. The van der Waals surface area contributed by atoms with E-state index in [0.29, 0.717) is 12.3 Å². The Morgan fingerprint density at radius 3 is 2.38 bits per heavy atom. The van der Waals surface area contributed by atoms with Crippen LogP contribution < -0.4 is 0 Å². The van der Waals surface area contributed by atoms with Crippen molar-refractivity contribution in [2.45, 2.75) is 20.3 Å². The summed E-state index contributed by atoms with van der Waals surface area (Å²) in [5.41, 5.74) is 1.07. The fraction of sp³-hybridized carbons (Fsp3) is 0.714. The maximum Gasteiger partial charge on any atom is 0.0900 e. The summed E-state index contributed by atoms with van der Waals surface area (Å²) in [4.78, 5) is 0. The second-order valence-electron chi connectivity index (χ2n) is 2.23. The van der Waals surface area contributed by atoms with Gasteiger partial charge in [-0.15, -0.1) is 0 Å². The molecule has 0 unspecified atom stereocenters. The molecule has 48 valence electrons. The standard InChI is InChI=1S/C7H13F/c1-6(2)7(3)4-5-8/h7H,1,4-5H2,2-3H3/t7-/m0/s1. The van der Waals surface area contributed by atoms with Crippen LogP contribution in [0, 0.1) is 5.92 Å². The molecule has 0 heterocycles. The van der Waals surface area contributed by atoms with Crippen LogP contribution in [0.15, 0.2) is 12.2 Å². The van der Waals surface area contributed by atoms with E-state index in [2.05, 4.69) is 6.58 Å². The second-order valence-corrected chi connectivity index (χ2v) is 2.23. The van der Waals surface area contributed by atoms with Crippen molar-refractivity contribution in [2.24, 2.45) is 5.92 Å². The van der Waals surface area contributed by atoms with Gasteiger partial charge in [-0.1, -0.05) is 19.1 Å². The molecule has 0 radical (unpaired) electrons. The van der Waals surface area contributed by atoms with Crippen LogP contribution in [-0.4, -0.2) is 6.67 Å². The SMILES string of the molecule is C=C(C)[C@@H](C)CCF. The fourth-order valence-corrected chi connectivity index (χ4v) is 0.410. The van der Waals surface area contributed by atoms with E-state index >= 15 is 0 Å². The van der Waals surface area contributed by atoms with E-state index in [0.717, 1.165) is 5.57 Å². The van der Waals surface area contributed by atoms with Gasteiger partial charge in [0.25, 0.3) is 0 Å². The van der Waals surface area contributed by atoms with Crippen molar-refractivity contribution in [3.8, 4) is 0 Å². The predicted octanol–water partition coefficient (Wildman–Crippen LogP) is 2.56. The van der Waals surface area contributed by atoms with E-state index < -0.39 is 0 Å². The Kier molecular flexibility index (Phi) is 3.49. The van der Waals surface area contributed by atoms with Gasteiger partial charge in [0.2, 0.25) is 0 Å². The Bertz CT molecular complexity index is 76.5. The molecule has 0 rings (SSSR count). The number of rotatable bonds is 3.